The Hall–Kier alpha value is -2.66. The van der Waals surface area contributed by atoms with Crippen LogP contribution in [0.1, 0.15) is 25.1 Å². The lowest BCUT2D eigenvalue weighted by Gasteiger charge is -2.11. The highest BCUT2D eigenvalue weighted by molar-refractivity contribution is 14.1. The third-order valence-corrected chi connectivity index (χ3v) is 7.05. The van der Waals surface area contributed by atoms with Crippen LogP contribution in [0.25, 0.3) is 27.6 Å². The molecule has 1 saturated carbocycles. The van der Waals surface area contributed by atoms with E-state index in [9.17, 15) is 4.79 Å². The fourth-order valence-electron chi connectivity index (χ4n) is 4.55. The first-order chi connectivity index (χ1) is 16.1. The van der Waals surface area contributed by atoms with Crippen molar-refractivity contribution in [3.8, 4) is 5.69 Å². The zero-order valence-corrected chi connectivity index (χ0v) is 20.5. The van der Waals surface area contributed by atoms with Gasteiger partial charge in [0.1, 0.15) is 9.53 Å². The third-order valence-electron chi connectivity index (χ3n) is 6.25. The molecular formula is C24H25IN6O2. The first kappa shape index (κ1) is 22.1. The molecule has 1 fully saturated rings. The highest BCUT2D eigenvalue weighted by atomic mass is 127. The van der Waals surface area contributed by atoms with Crippen LogP contribution < -0.4 is 5.32 Å². The van der Waals surface area contributed by atoms with Gasteiger partial charge < -0.3 is 10.1 Å². The maximum Gasteiger partial charge on any atom is 0.223 e. The monoisotopic (exact) mass is 556 g/mol. The molecule has 0 radical (unpaired) electrons. The number of nitrogens with one attached hydrogen (secondary N) is 1. The van der Waals surface area contributed by atoms with Crippen molar-refractivity contribution in [3.63, 3.8) is 0 Å². The summed E-state index contributed by atoms with van der Waals surface area (Å²) in [6.07, 6.45) is 7.22. The molecule has 5 rings (SSSR count). The number of hydrogen-bond donors (Lipinski definition) is 1. The number of fused-ring (bicyclic) bond motifs is 2. The Morgan fingerprint density at radius 2 is 2.18 bits per heavy atom. The molecule has 1 N–H and O–H groups in total. The molecule has 0 unspecified atom stereocenters. The van der Waals surface area contributed by atoms with Crippen molar-refractivity contribution in [1.82, 2.24) is 30.0 Å². The Morgan fingerprint density at radius 1 is 1.27 bits per heavy atom. The van der Waals surface area contributed by atoms with Crippen molar-refractivity contribution in [1.29, 1.82) is 0 Å². The number of amides is 1. The maximum absolute atomic E-state index is 12.4. The van der Waals surface area contributed by atoms with Crippen LogP contribution in [-0.4, -0.2) is 50.9 Å². The fraction of sp³-hybridized carbons (Fsp3) is 0.375. The van der Waals surface area contributed by atoms with Crippen molar-refractivity contribution in [2.24, 2.45) is 11.8 Å². The molecule has 0 saturated heterocycles. The number of ether oxygens (including phenoxy) is 1. The number of hydrogen-bond acceptors (Lipinski definition) is 6. The summed E-state index contributed by atoms with van der Waals surface area (Å²) >= 11 is 2.23. The van der Waals surface area contributed by atoms with Gasteiger partial charge in [-0.05, 0) is 72.0 Å². The van der Waals surface area contributed by atoms with E-state index in [1.807, 2.05) is 35.1 Å². The van der Waals surface area contributed by atoms with Gasteiger partial charge in [0.2, 0.25) is 5.91 Å². The molecule has 8 nitrogen and oxygen atoms in total. The zero-order chi connectivity index (χ0) is 22.8. The average molecular weight is 556 g/mol. The molecule has 9 heteroatoms. The minimum atomic E-state index is 0.0632. The Bertz CT molecular complexity index is 1310. The van der Waals surface area contributed by atoms with Crippen LogP contribution in [0.3, 0.4) is 0 Å². The van der Waals surface area contributed by atoms with Gasteiger partial charge in [-0.3, -0.25) is 9.78 Å². The molecule has 170 valence electrons. The lowest BCUT2D eigenvalue weighted by molar-refractivity contribution is -0.125. The van der Waals surface area contributed by atoms with E-state index in [-0.39, 0.29) is 11.8 Å². The van der Waals surface area contributed by atoms with Crippen molar-refractivity contribution in [2.45, 2.75) is 25.7 Å². The van der Waals surface area contributed by atoms with Gasteiger partial charge >= 0.3 is 0 Å². The normalized spacial score (nSPS) is 18.2. The highest BCUT2D eigenvalue weighted by Crippen LogP contribution is 2.33. The summed E-state index contributed by atoms with van der Waals surface area (Å²) in [5.41, 5.74) is 2.70. The van der Waals surface area contributed by atoms with Crippen LogP contribution in [0, 0.1) is 15.5 Å². The van der Waals surface area contributed by atoms with Gasteiger partial charge in [-0.15, -0.1) is 0 Å². The van der Waals surface area contributed by atoms with Gasteiger partial charge in [0.25, 0.3) is 0 Å². The molecule has 1 aliphatic rings. The van der Waals surface area contributed by atoms with Crippen LogP contribution in [0.2, 0.25) is 0 Å². The number of methoxy groups -OCH3 is 1. The molecule has 33 heavy (non-hydrogen) atoms. The Morgan fingerprint density at radius 3 is 3.06 bits per heavy atom. The SMILES string of the molecule is COCCNC(=O)[C@@H]1CC[C@@H](Cc2ncc3c(I)nn(-c4ccc5ncccc5c4)c3n2)C1. The molecule has 1 aromatic carbocycles. The van der Waals surface area contributed by atoms with E-state index < -0.39 is 0 Å². The van der Waals surface area contributed by atoms with Gasteiger partial charge in [0.15, 0.2) is 5.65 Å². The van der Waals surface area contributed by atoms with Gasteiger partial charge in [0, 0.05) is 43.8 Å². The zero-order valence-electron chi connectivity index (χ0n) is 18.4. The minimum Gasteiger partial charge on any atom is -0.383 e. The van der Waals surface area contributed by atoms with Gasteiger partial charge in [-0.25, -0.2) is 14.6 Å². The van der Waals surface area contributed by atoms with E-state index in [0.717, 1.165) is 62.8 Å². The van der Waals surface area contributed by atoms with Crippen molar-refractivity contribution in [2.75, 3.05) is 20.3 Å². The molecule has 3 aromatic heterocycles. The Balaban J connectivity index is 1.36. The number of pyridine rings is 1. The van der Waals surface area contributed by atoms with Crippen molar-refractivity contribution < 1.29 is 9.53 Å². The molecule has 1 aliphatic carbocycles. The summed E-state index contributed by atoms with van der Waals surface area (Å²) in [5.74, 6) is 1.40. The minimum absolute atomic E-state index is 0.0632. The standard InChI is InChI=1S/C24H25IN6O2/c1-33-10-9-27-24(32)17-5-4-15(11-17)12-21-28-14-19-22(25)30-31(23(19)29-21)18-6-7-20-16(13-18)3-2-8-26-20/h2-3,6-8,13-15,17H,4-5,9-12H2,1H3,(H,27,32)/t15-,17-/m1/s1. The van der Waals surface area contributed by atoms with Crippen LogP contribution in [0.15, 0.2) is 42.7 Å². The third kappa shape index (κ3) is 4.70. The number of carbonyl (C=O) groups excluding carboxylic acids is 1. The largest absolute Gasteiger partial charge is 0.383 e. The molecule has 0 bridgehead atoms. The van der Waals surface area contributed by atoms with E-state index >= 15 is 0 Å². The lowest BCUT2D eigenvalue weighted by Crippen LogP contribution is -2.32. The molecule has 4 aromatic rings. The van der Waals surface area contributed by atoms with E-state index in [2.05, 4.69) is 43.9 Å². The number of carbonyl (C=O) groups is 1. The summed E-state index contributed by atoms with van der Waals surface area (Å²) in [5, 5.41) is 9.69. The van der Waals surface area contributed by atoms with Crippen LogP contribution in [0.4, 0.5) is 0 Å². The second kappa shape index (κ2) is 9.68. The summed E-state index contributed by atoms with van der Waals surface area (Å²) < 4.78 is 7.77. The van der Waals surface area contributed by atoms with Crippen LogP contribution in [0.5, 0.6) is 0 Å². The molecule has 2 atom stereocenters. The molecule has 1 amide bonds. The number of nitrogens with zero attached hydrogens (tertiary/aromatic N) is 5. The Kier molecular flexibility index (Phi) is 6.50. The van der Waals surface area contributed by atoms with Gasteiger partial charge in [-0.2, -0.15) is 5.10 Å². The summed E-state index contributed by atoms with van der Waals surface area (Å²) in [6.45, 7) is 1.10. The maximum atomic E-state index is 12.4. The fourth-order valence-corrected chi connectivity index (χ4v) is 5.15. The first-order valence-corrected chi connectivity index (χ1v) is 12.2. The van der Waals surface area contributed by atoms with Crippen LogP contribution >= 0.6 is 22.6 Å². The quantitative estimate of drug-likeness (QED) is 0.276. The highest BCUT2D eigenvalue weighted by Gasteiger charge is 2.30. The summed E-state index contributed by atoms with van der Waals surface area (Å²) in [6, 6.07) is 10.1. The van der Waals surface area contributed by atoms with E-state index in [1.165, 1.54) is 0 Å². The summed E-state index contributed by atoms with van der Waals surface area (Å²) in [4.78, 5) is 26.3. The Labute approximate surface area is 205 Å². The van der Waals surface area contributed by atoms with Crippen molar-refractivity contribution in [3.05, 3.63) is 52.3 Å². The predicted octanol–water partition coefficient (Wildman–Crippen LogP) is 3.69. The molecule has 3 heterocycles. The molecule has 0 spiro atoms. The van der Waals surface area contributed by atoms with Gasteiger partial charge in [-0.1, -0.05) is 6.07 Å². The second-order valence-corrected chi connectivity index (χ2v) is 9.49. The first-order valence-electron chi connectivity index (χ1n) is 11.1. The molecule has 0 aliphatic heterocycles. The average Bonchev–Trinajstić information content (AvgIpc) is 3.43. The van der Waals surface area contributed by atoms with Gasteiger partial charge in [0.05, 0.1) is 23.2 Å². The summed E-state index contributed by atoms with van der Waals surface area (Å²) in [7, 11) is 1.64. The molecular weight excluding hydrogens is 531 g/mol. The number of halogens is 1. The number of rotatable bonds is 7. The van der Waals surface area contributed by atoms with Crippen LogP contribution in [-0.2, 0) is 16.0 Å². The van der Waals surface area contributed by atoms with Crippen molar-refractivity contribution >= 4 is 50.4 Å². The second-order valence-electron chi connectivity index (χ2n) is 8.47. The topological polar surface area (TPSA) is 94.8 Å². The van der Waals surface area contributed by atoms with E-state index in [4.69, 9.17) is 14.8 Å². The number of aromatic nitrogens is 5. The van der Waals surface area contributed by atoms with E-state index in [0.29, 0.717) is 19.1 Å². The lowest BCUT2D eigenvalue weighted by atomic mass is 10.0. The predicted molar refractivity (Wildman–Crippen MR) is 134 cm³/mol. The van der Waals surface area contributed by atoms with E-state index in [1.54, 1.807) is 13.3 Å². The smallest absolute Gasteiger partial charge is 0.223 e. The number of benzene rings is 1.